The lowest BCUT2D eigenvalue weighted by atomic mass is 10.0. The number of ketones is 1. The van der Waals surface area contributed by atoms with Crippen LogP contribution < -0.4 is 4.74 Å². The SMILES string of the molecule is COc1ccc(Br)c(CC(=O)c2ccc(Cl)c(F)c2)c1. The van der Waals surface area contributed by atoms with E-state index < -0.39 is 5.82 Å². The van der Waals surface area contributed by atoms with E-state index in [9.17, 15) is 9.18 Å². The number of hydrogen-bond acceptors (Lipinski definition) is 2. The van der Waals surface area contributed by atoms with Crippen molar-refractivity contribution in [3.05, 3.63) is 62.8 Å². The third kappa shape index (κ3) is 3.38. The number of methoxy groups -OCH3 is 1. The van der Waals surface area contributed by atoms with Gasteiger partial charge in [0.05, 0.1) is 12.1 Å². The van der Waals surface area contributed by atoms with Crippen molar-refractivity contribution in [3.8, 4) is 5.75 Å². The van der Waals surface area contributed by atoms with Crippen LogP contribution in [0.1, 0.15) is 15.9 Å². The highest BCUT2D eigenvalue weighted by molar-refractivity contribution is 9.10. The zero-order chi connectivity index (χ0) is 14.7. The van der Waals surface area contributed by atoms with Gasteiger partial charge in [0, 0.05) is 16.5 Å². The molecule has 0 fully saturated rings. The third-order valence-electron chi connectivity index (χ3n) is 2.85. The Morgan fingerprint density at radius 3 is 2.70 bits per heavy atom. The van der Waals surface area contributed by atoms with Crippen LogP contribution in [0.25, 0.3) is 0 Å². The van der Waals surface area contributed by atoms with Crippen molar-refractivity contribution < 1.29 is 13.9 Å². The highest BCUT2D eigenvalue weighted by Crippen LogP contribution is 2.24. The maximum atomic E-state index is 13.4. The van der Waals surface area contributed by atoms with Gasteiger partial charge in [0.2, 0.25) is 0 Å². The van der Waals surface area contributed by atoms with E-state index in [-0.39, 0.29) is 17.2 Å². The second-order valence-corrected chi connectivity index (χ2v) is 5.45. The molecular weight excluding hydrogens is 347 g/mol. The number of Topliss-reactive ketones (excluding diaryl/α,β-unsaturated/α-hetero) is 1. The summed E-state index contributed by atoms with van der Waals surface area (Å²) in [7, 11) is 1.56. The smallest absolute Gasteiger partial charge is 0.167 e. The molecule has 2 aromatic rings. The van der Waals surface area contributed by atoms with Crippen molar-refractivity contribution in [2.24, 2.45) is 0 Å². The number of halogens is 3. The summed E-state index contributed by atoms with van der Waals surface area (Å²) >= 11 is 8.98. The molecule has 0 atom stereocenters. The molecular formula is C15H11BrClFO2. The molecule has 0 aliphatic heterocycles. The summed E-state index contributed by atoms with van der Waals surface area (Å²) in [5, 5.41) is 0.00381. The average Bonchev–Trinajstić information content (AvgIpc) is 2.44. The monoisotopic (exact) mass is 356 g/mol. The Hall–Kier alpha value is -1.39. The lowest BCUT2D eigenvalue weighted by molar-refractivity contribution is 0.0992. The molecule has 0 spiro atoms. The fourth-order valence-corrected chi connectivity index (χ4v) is 2.26. The van der Waals surface area contributed by atoms with Gasteiger partial charge in [0.25, 0.3) is 0 Å². The minimum absolute atomic E-state index is 0.00381. The van der Waals surface area contributed by atoms with E-state index in [1.54, 1.807) is 19.2 Å². The summed E-state index contributed by atoms with van der Waals surface area (Å²) in [5.74, 6) is -0.116. The number of ether oxygens (including phenoxy) is 1. The van der Waals surface area contributed by atoms with Crippen LogP contribution in [0, 0.1) is 5.82 Å². The predicted octanol–water partition coefficient (Wildman–Crippen LogP) is 4.68. The first-order valence-electron chi connectivity index (χ1n) is 5.82. The number of carbonyl (C=O) groups excluding carboxylic acids is 1. The van der Waals surface area contributed by atoms with Gasteiger partial charge in [-0.2, -0.15) is 0 Å². The summed E-state index contributed by atoms with van der Waals surface area (Å²) in [6.45, 7) is 0. The van der Waals surface area contributed by atoms with Gasteiger partial charge in [-0.3, -0.25) is 4.79 Å². The third-order valence-corrected chi connectivity index (χ3v) is 3.93. The standard InChI is InChI=1S/C15H11BrClFO2/c1-20-11-3-4-12(16)10(6-11)8-15(19)9-2-5-13(17)14(18)7-9/h2-7H,8H2,1H3. The number of benzene rings is 2. The zero-order valence-electron chi connectivity index (χ0n) is 10.6. The fourth-order valence-electron chi connectivity index (χ4n) is 1.76. The van der Waals surface area contributed by atoms with E-state index in [2.05, 4.69) is 15.9 Å². The van der Waals surface area contributed by atoms with Gasteiger partial charge in [0.15, 0.2) is 5.78 Å². The Morgan fingerprint density at radius 1 is 1.30 bits per heavy atom. The Labute approximate surface area is 129 Å². The van der Waals surface area contributed by atoms with E-state index in [1.165, 1.54) is 12.1 Å². The molecule has 20 heavy (non-hydrogen) atoms. The van der Waals surface area contributed by atoms with Crippen LogP contribution in [0.3, 0.4) is 0 Å². The van der Waals surface area contributed by atoms with Crippen LogP contribution in [0.15, 0.2) is 40.9 Å². The van der Waals surface area contributed by atoms with Crippen molar-refractivity contribution in [1.29, 1.82) is 0 Å². The van der Waals surface area contributed by atoms with Gasteiger partial charge >= 0.3 is 0 Å². The molecule has 0 radical (unpaired) electrons. The van der Waals surface area contributed by atoms with Crippen LogP contribution in [-0.2, 0) is 6.42 Å². The van der Waals surface area contributed by atoms with E-state index in [0.717, 1.165) is 16.1 Å². The van der Waals surface area contributed by atoms with Crippen molar-refractivity contribution in [3.63, 3.8) is 0 Å². The van der Waals surface area contributed by atoms with E-state index in [4.69, 9.17) is 16.3 Å². The second-order valence-electron chi connectivity index (χ2n) is 4.19. The van der Waals surface area contributed by atoms with Crippen molar-refractivity contribution in [1.82, 2.24) is 0 Å². The first-order chi connectivity index (χ1) is 9.51. The Kier molecular flexibility index (Phi) is 4.78. The predicted molar refractivity (Wildman–Crippen MR) is 80.1 cm³/mol. The van der Waals surface area contributed by atoms with Crippen molar-refractivity contribution in [2.45, 2.75) is 6.42 Å². The average molecular weight is 358 g/mol. The van der Waals surface area contributed by atoms with E-state index in [1.807, 2.05) is 6.07 Å². The van der Waals surface area contributed by atoms with Crippen LogP contribution in [0.4, 0.5) is 4.39 Å². The highest BCUT2D eigenvalue weighted by Gasteiger charge is 2.12. The second kappa shape index (κ2) is 6.37. The number of rotatable bonds is 4. The molecule has 0 aromatic heterocycles. The molecule has 5 heteroatoms. The molecule has 0 N–H and O–H groups in total. The minimum Gasteiger partial charge on any atom is -0.497 e. The topological polar surface area (TPSA) is 26.3 Å². The summed E-state index contributed by atoms with van der Waals surface area (Å²) in [4.78, 5) is 12.2. The molecule has 2 nitrogen and oxygen atoms in total. The fraction of sp³-hybridized carbons (Fsp3) is 0.133. The molecule has 2 aromatic carbocycles. The van der Waals surface area contributed by atoms with E-state index >= 15 is 0 Å². The molecule has 0 saturated carbocycles. The molecule has 0 unspecified atom stereocenters. The first-order valence-corrected chi connectivity index (χ1v) is 6.99. The lowest BCUT2D eigenvalue weighted by Gasteiger charge is -2.07. The van der Waals surface area contributed by atoms with Crippen molar-refractivity contribution in [2.75, 3.05) is 7.11 Å². The first kappa shape index (κ1) is 15.0. The van der Waals surface area contributed by atoms with Gasteiger partial charge < -0.3 is 4.74 Å². The molecule has 0 saturated heterocycles. The summed E-state index contributed by atoms with van der Waals surface area (Å²) in [6.07, 6.45) is 0.152. The van der Waals surface area contributed by atoms with Gasteiger partial charge in [-0.1, -0.05) is 27.5 Å². The quantitative estimate of drug-likeness (QED) is 0.743. The molecule has 2 rings (SSSR count). The summed E-state index contributed by atoms with van der Waals surface area (Å²) in [6, 6.07) is 9.42. The Bertz CT molecular complexity index is 658. The zero-order valence-corrected chi connectivity index (χ0v) is 13.0. The molecule has 0 aliphatic rings. The lowest BCUT2D eigenvalue weighted by Crippen LogP contribution is -2.05. The Morgan fingerprint density at radius 2 is 2.05 bits per heavy atom. The number of carbonyl (C=O) groups is 1. The molecule has 0 amide bonds. The van der Waals surface area contributed by atoms with Gasteiger partial charge in [-0.15, -0.1) is 0 Å². The maximum Gasteiger partial charge on any atom is 0.167 e. The van der Waals surface area contributed by atoms with Crippen LogP contribution >= 0.6 is 27.5 Å². The number of hydrogen-bond donors (Lipinski definition) is 0. The van der Waals surface area contributed by atoms with Gasteiger partial charge in [-0.05, 0) is 42.0 Å². The van der Waals surface area contributed by atoms with Crippen LogP contribution in [0.5, 0.6) is 5.75 Å². The Balaban J connectivity index is 2.25. The summed E-state index contributed by atoms with van der Waals surface area (Å²) in [5.41, 5.74) is 1.08. The van der Waals surface area contributed by atoms with Crippen molar-refractivity contribution >= 4 is 33.3 Å². The molecule has 0 bridgehead atoms. The normalized spacial score (nSPS) is 10.4. The maximum absolute atomic E-state index is 13.4. The van der Waals surface area contributed by atoms with Crippen LogP contribution in [0.2, 0.25) is 5.02 Å². The molecule has 104 valence electrons. The summed E-state index contributed by atoms with van der Waals surface area (Å²) < 4.78 is 19.3. The minimum atomic E-state index is -0.595. The molecule has 0 aliphatic carbocycles. The van der Waals surface area contributed by atoms with Gasteiger partial charge in [0.1, 0.15) is 11.6 Å². The van der Waals surface area contributed by atoms with E-state index in [0.29, 0.717) is 11.3 Å². The highest BCUT2D eigenvalue weighted by atomic mass is 79.9. The van der Waals surface area contributed by atoms with Gasteiger partial charge in [-0.25, -0.2) is 4.39 Å². The van der Waals surface area contributed by atoms with Crippen LogP contribution in [-0.4, -0.2) is 12.9 Å². The molecule has 0 heterocycles. The largest absolute Gasteiger partial charge is 0.497 e.